The highest BCUT2D eigenvalue weighted by Gasteiger charge is 2.31. The number of benzene rings is 1. The zero-order chi connectivity index (χ0) is 23.6. The van der Waals surface area contributed by atoms with E-state index in [4.69, 9.17) is 4.42 Å². The summed E-state index contributed by atoms with van der Waals surface area (Å²) in [5.41, 5.74) is 1.54. The second kappa shape index (κ2) is 9.11. The minimum Gasteiger partial charge on any atom is -0.459 e. The molecule has 0 radical (unpaired) electrons. The van der Waals surface area contributed by atoms with E-state index in [0.717, 1.165) is 28.1 Å². The fourth-order valence-corrected chi connectivity index (χ4v) is 4.53. The average Bonchev–Trinajstić information content (AvgIpc) is 3.42. The van der Waals surface area contributed by atoms with E-state index in [9.17, 15) is 18.0 Å². The van der Waals surface area contributed by atoms with E-state index >= 15 is 0 Å². The molecule has 0 bridgehead atoms. The maximum Gasteiger partial charge on any atom is 0.416 e. The molecule has 0 spiro atoms. The Kier molecular flexibility index (Phi) is 6.24. The molecule has 1 atom stereocenters. The number of nitrogens with zero attached hydrogens (tertiary/aromatic N) is 1. The number of nitrogens with one attached hydrogen (secondary N) is 2. The summed E-state index contributed by atoms with van der Waals surface area (Å²) >= 11 is 1.39. The molecule has 0 saturated carbocycles. The standard InChI is InChI=1S/C24H20F3N3O2S/c1-14-15(2)33-23(30-22(31)18-6-5-13-32-18)20(14)21(29-19-7-3-4-12-28-19)16-8-10-17(11-9-16)24(25,26)27/h3-13,21H,1-2H3,(H,28,29)(H,30,31)/t21-/m1/s1. The molecule has 3 heterocycles. The molecule has 170 valence electrons. The van der Waals surface area contributed by atoms with Gasteiger partial charge in [0.25, 0.3) is 5.91 Å². The fourth-order valence-electron chi connectivity index (χ4n) is 3.44. The first-order chi connectivity index (χ1) is 15.7. The highest BCUT2D eigenvalue weighted by molar-refractivity contribution is 7.16. The van der Waals surface area contributed by atoms with Crippen LogP contribution in [0.1, 0.15) is 43.7 Å². The van der Waals surface area contributed by atoms with E-state index in [-0.39, 0.29) is 5.76 Å². The Bertz CT molecular complexity index is 1230. The van der Waals surface area contributed by atoms with Crippen molar-refractivity contribution in [2.75, 3.05) is 10.6 Å². The number of alkyl halides is 3. The number of pyridine rings is 1. The Morgan fingerprint density at radius 1 is 1.06 bits per heavy atom. The summed E-state index contributed by atoms with van der Waals surface area (Å²) in [6.07, 6.45) is -1.40. The van der Waals surface area contributed by atoms with Gasteiger partial charge in [-0.15, -0.1) is 11.3 Å². The predicted molar refractivity (Wildman–Crippen MR) is 122 cm³/mol. The van der Waals surface area contributed by atoms with Crippen LogP contribution in [0, 0.1) is 13.8 Å². The van der Waals surface area contributed by atoms with Crippen molar-refractivity contribution < 1.29 is 22.4 Å². The highest BCUT2D eigenvalue weighted by Crippen LogP contribution is 2.41. The number of carbonyl (C=O) groups is 1. The van der Waals surface area contributed by atoms with E-state index in [0.29, 0.717) is 16.4 Å². The third-order valence-electron chi connectivity index (χ3n) is 5.22. The number of thiophene rings is 1. The van der Waals surface area contributed by atoms with Crippen molar-refractivity contribution in [2.45, 2.75) is 26.1 Å². The number of halogens is 3. The van der Waals surface area contributed by atoms with Crippen molar-refractivity contribution in [2.24, 2.45) is 0 Å². The quantitative estimate of drug-likeness (QED) is 0.324. The van der Waals surface area contributed by atoms with Gasteiger partial charge in [-0.05, 0) is 61.4 Å². The minimum absolute atomic E-state index is 0.161. The van der Waals surface area contributed by atoms with E-state index in [1.54, 1.807) is 30.5 Å². The SMILES string of the molecule is Cc1sc(NC(=O)c2ccco2)c([C@H](Nc2ccccn2)c2ccc(C(F)(F)F)cc2)c1C. The molecule has 0 saturated heterocycles. The lowest BCUT2D eigenvalue weighted by Gasteiger charge is -2.22. The van der Waals surface area contributed by atoms with Gasteiger partial charge in [-0.1, -0.05) is 18.2 Å². The molecular weight excluding hydrogens is 451 g/mol. The van der Waals surface area contributed by atoms with Crippen LogP contribution in [0.25, 0.3) is 0 Å². The molecule has 9 heteroatoms. The number of hydrogen-bond acceptors (Lipinski definition) is 5. The molecule has 0 fully saturated rings. The van der Waals surface area contributed by atoms with Gasteiger partial charge in [-0.2, -0.15) is 13.2 Å². The number of aryl methyl sites for hydroxylation is 1. The van der Waals surface area contributed by atoms with Gasteiger partial charge >= 0.3 is 6.18 Å². The summed E-state index contributed by atoms with van der Waals surface area (Å²) < 4.78 is 44.5. The van der Waals surface area contributed by atoms with E-state index in [1.165, 1.54) is 29.7 Å². The molecule has 1 aromatic carbocycles. The maximum atomic E-state index is 13.1. The fraction of sp³-hybridized carbons (Fsp3) is 0.167. The average molecular weight is 472 g/mol. The molecule has 4 rings (SSSR count). The monoisotopic (exact) mass is 471 g/mol. The van der Waals surface area contributed by atoms with Gasteiger partial charge < -0.3 is 15.1 Å². The molecule has 0 aliphatic rings. The first-order valence-electron chi connectivity index (χ1n) is 10.0. The molecule has 3 aromatic heterocycles. The van der Waals surface area contributed by atoms with Gasteiger partial charge in [0.15, 0.2) is 5.76 Å². The summed E-state index contributed by atoms with van der Waals surface area (Å²) in [5, 5.41) is 6.79. The molecular formula is C24H20F3N3O2S. The Morgan fingerprint density at radius 2 is 1.82 bits per heavy atom. The van der Waals surface area contributed by atoms with Gasteiger partial charge in [0.1, 0.15) is 10.8 Å². The van der Waals surface area contributed by atoms with Gasteiger partial charge in [0.05, 0.1) is 17.9 Å². The zero-order valence-corrected chi connectivity index (χ0v) is 18.6. The zero-order valence-electron chi connectivity index (χ0n) is 17.7. The van der Waals surface area contributed by atoms with Crippen LogP contribution in [0.5, 0.6) is 0 Å². The van der Waals surface area contributed by atoms with Crippen LogP contribution >= 0.6 is 11.3 Å². The lowest BCUT2D eigenvalue weighted by molar-refractivity contribution is -0.137. The molecule has 5 nitrogen and oxygen atoms in total. The Labute approximate surface area is 192 Å². The third-order valence-corrected chi connectivity index (χ3v) is 6.36. The van der Waals surface area contributed by atoms with Gasteiger partial charge in [0, 0.05) is 16.6 Å². The Balaban J connectivity index is 1.78. The van der Waals surface area contributed by atoms with Crippen LogP contribution in [0.4, 0.5) is 24.0 Å². The van der Waals surface area contributed by atoms with Crippen molar-refractivity contribution in [3.05, 3.63) is 99.9 Å². The topological polar surface area (TPSA) is 67.2 Å². The maximum absolute atomic E-state index is 13.1. The third kappa shape index (κ3) is 4.93. The number of hydrogen-bond donors (Lipinski definition) is 2. The van der Waals surface area contributed by atoms with Gasteiger partial charge in [-0.25, -0.2) is 4.98 Å². The Hall–Kier alpha value is -3.59. The molecule has 0 aliphatic carbocycles. The van der Waals surface area contributed by atoms with Crippen LogP contribution in [0.3, 0.4) is 0 Å². The van der Waals surface area contributed by atoms with E-state index in [2.05, 4.69) is 15.6 Å². The lowest BCUT2D eigenvalue weighted by atomic mass is 9.95. The minimum atomic E-state index is -4.43. The summed E-state index contributed by atoms with van der Waals surface area (Å²) in [4.78, 5) is 17.9. The smallest absolute Gasteiger partial charge is 0.416 e. The molecule has 1 amide bonds. The van der Waals surface area contributed by atoms with Crippen LogP contribution in [-0.2, 0) is 6.18 Å². The number of amides is 1. The van der Waals surface area contributed by atoms with Crippen LogP contribution in [-0.4, -0.2) is 10.9 Å². The first-order valence-corrected chi connectivity index (χ1v) is 10.8. The van der Waals surface area contributed by atoms with E-state index < -0.39 is 23.7 Å². The second-order valence-electron chi connectivity index (χ2n) is 7.37. The molecule has 2 N–H and O–H groups in total. The van der Waals surface area contributed by atoms with Crippen molar-refractivity contribution in [1.82, 2.24) is 4.98 Å². The van der Waals surface area contributed by atoms with Crippen molar-refractivity contribution in [3.63, 3.8) is 0 Å². The normalized spacial score (nSPS) is 12.4. The van der Waals surface area contributed by atoms with Crippen molar-refractivity contribution >= 4 is 28.1 Å². The molecule has 33 heavy (non-hydrogen) atoms. The predicted octanol–water partition coefficient (Wildman–Crippen LogP) is 6.83. The number of carbonyl (C=O) groups excluding carboxylic acids is 1. The summed E-state index contributed by atoms with van der Waals surface area (Å²) in [6, 6.07) is 13.0. The van der Waals surface area contributed by atoms with Crippen LogP contribution < -0.4 is 10.6 Å². The van der Waals surface area contributed by atoms with Gasteiger partial charge in [0.2, 0.25) is 0 Å². The molecule has 0 unspecified atom stereocenters. The Morgan fingerprint density at radius 3 is 2.42 bits per heavy atom. The van der Waals surface area contributed by atoms with E-state index in [1.807, 2.05) is 19.9 Å². The molecule has 0 aliphatic heterocycles. The first kappa shape index (κ1) is 22.6. The number of anilines is 2. The number of aromatic nitrogens is 1. The van der Waals surface area contributed by atoms with Crippen molar-refractivity contribution in [1.29, 1.82) is 0 Å². The second-order valence-corrected chi connectivity index (χ2v) is 8.59. The molecule has 4 aromatic rings. The largest absolute Gasteiger partial charge is 0.459 e. The number of rotatable bonds is 6. The highest BCUT2D eigenvalue weighted by atomic mass is 32.1. The lowest BCUT2D eigenvalue weighted by Crippen LogP contribution is -2.18. The van der Waals surface area contributed by atoms with Crippen LogP contribution in [0.2, 0.25) is 0 Å². The summed E-state index contributed by atoms with van der Waals surface area (Å²) in [7, 11) is 0. The van der Waals surface area contributed by atoms with Gasteiger partial charge in [-0.3, -0.25) is 4.79 Å². The summed E-state index contributed by atoms with van der Waals surface area (Å²) in [6.45, 7) is 3.84. The van der Waals surface area contributed by atoms with Crippen molar-refractivity contribution in [3.8, 4) is 0 Å². The summed E-state index contributed by atoms with van der Waals surface area (Å²) in [5.74, 6) is 0.300. The number of furan rings is 1. The van der Waals surface area contributed by atoms with Crippen LogP contribution in [0.15, 0.2) is 71.5 Å².